The van der Waals surface area contributed by atoms with Gasteiger partial charge in [0.1, 0.15) is 11.6 Å². The van der Waals surface area contributed by atoms with Crippen LogP contribution < -0.4 is 10.2 Å². The second-order valence-corrected chi connectivity index (χ2v) is 4.00. The first-order valence-electron chi connectivity index (χ1n) is 6.19. The van der Waals surface area contributed by atoms with Gasteiger partial charge < -0.3 is 15.0 Å². The summed E-state index contributed by atoms with van der Waals surface area (Å²) in [6.07, 6.45) is 0. The average Bonchev–Trinajstić information content (AvgIpc) is 2.31. The minimum atomic E-state index is 0.328. The van der Waals surface area contributed by atoms with Gasteiger partial charge in [-0.05, 0) is 32.9 Å². The van der Waals surface area contributed by atoms with Crippen LogP contribution in [0.1, 0.15) is 20.8 Å². The van der Waals surface area contributed by atoms with Crippen molar-refractivity contribution in [2.24, 2.45) is 0 Å². The van der Waals surface area contributed by atoms with Gasteiger partial charge in [0.25, 0.3) is 0 Å². The van der Waals surface area contributed by atoms with E-state index in [-0.39, 0.29) is 0 Å². The van der Waals surface area contributed by atoms with Crippen LogP contribution in [0.4, 0.5) is 11.6 Å². The first-order valence-corrected chi connectivity index (χ1v) is 6.19. The molecule has 0 bridgehead atoms. The van der Waals surface area contributed by atoms with Gasteiger partial charge in [0, 0.05) is 20.2 Å². The molecule has 1 N–H and O–H groups in total. The summed E-state index contributed by atoms with van der Waals surface area (Å²) in [5, 5.41) is 3.23. The van der Waals surface area contributed by atoms with Crippen LogP contribution in [0.15, 0.2) is 18.2 Å². The van der Waals surface area contributed by atoms with E-state index in [4.69, 9.17) is 4.74 Å². The Morgan fingerprint density at radius 3 is 2.76 bits per heavy atom. The predicted molar refractivity (Wildman–Crippen MR) is 72.8 cm³/mol. The number of ether oxygens (including phenoxy) is 1. The number of likely N-dealkylation sites (N-methyl/N-ethyl adjacent to an activating group) is 1. The number of rotatable bonds is 7. The highest BCUT2D eigenvalue weighted by molar-refractivity contribution is 5.47. The number of anilines is 2. The van der Waals surface area contributed by atoms with Gasteiger partial charge >= 0.3 is 0 Å². The van der Waals surface area contributed by atoms with Crippen molar-refractivity contribution >= 4 is 11.6 Å². The monoisotopic (exact) mass is 237 g/mol. The molecule has 1 aromatic heterocycles. The maximum Gasteiger partial charge on any atom is 0.131 e. The minimum absolute atomic E-state index is 0.328. The van der Waals surface area contributed by atoms with Crippen molar-refractivity contribution in [3.05, 3.63) is 18.2 Å². The third-order valence-corrected chi connectivity index (χ3v) is 2.67. The van der Waals surface area contributed by atoms with Crippen LogP contribution in [0.2, 0.25) is 0 Å². The van der Waals surface area contributed by atoms with Crippen LogP contribution >= 0.6 is 0 Å². The fraction of sp³-hybridized carbons (Fsp3) is 0.615. The van der Waals surface area contributed by atoms with Crippen molar-refractivity contribution in [2.45, 2.75) is 26.8 Å². The van der Waals surface area contributed by atoms with E-state index in [0.29, 0.717) is 12.6 Å². The summed E-state index contributed by atoms with van der Waals surface area (Å²) < 4.78 is 5.20. The Morgan fingerprint density at radius 1 is 1.41 bits per heavy atom. The van der Waals surface area contributed by atoms with Gasteiger partial charge in [0.15, 0.2) is 0 Å². The van der Waals surface area contributed by atoms with E-state index >= 15 is 0 Å². The van der Waals surface area contributed by atoms with E-state index in [2.05, 4.69) is 36.0 Å². The highest BCUT2D eigenvalue weighted by atomic mass is 16.5. The maximum absolute atomic E-state index is 5.20. The number of hydrogen-bond donors (Lipinski definition) is 1. The van der Waals surface area contributed by atoms with Gasteiger partial charge in [-0.25, -0.2) is 4.98 Å². The zero-order chi connectivity index (χ0) is 12.7. The first kappa shape index (κ1) is 13.8. The molecule has 1 rings (SSSR count). The third kappa shape index (κ3) is 3.89. The van der Waals surface area contributed by atoms with Gasteiger partial charge in [0.2, 0.25) is 0 Å². The number of nitrogens with one attached hydrogen (secondary N) is 1. The van der Waals surface area contributed by atoms with E-state index in [1.165, 1.54) is 0 Å². The molecule has 0 aromatic carbocycles. The molecule has 17 heavy (non-hydrogen) atoms. The van der Waals surface area contributed by atoms with Crippen LogP contribution in [-0.2, 0) is 4.74 Å². The van der Waals surface area contributed by atoms with E-state index in [0.717, 1.165) is 24.7 Å². The average molecular weight is 237 g/mol. The van der Waals surface area contributed by atoms with Crippen molar-refractivity contribution in [3.8, 4) is 0 Å². The summed E-state index contributed by atoms with van der Waals surface area (Å²) in [5.41, 5.74) is 0. The topological polar surface area (TPSA) is 37.4 Å². The number of nitrogens with zero attached hydrogens (tertiary/aromatic N) is 2. The van der Waals surface area contributed by atoms with Crippen LogP contribution in [0.25, 0.3) is 0 Å². The van der Waals surface area contributed by atoms with Gasteiger partial charge in [-0.2, -0.15) is 0 Å². The lowest BCUT2D eigenvalue weighted by atomic mass is 10.3. The molecule has 0 aliphatic carbocycles. The molecule has 1 atom stereocenters. The Morgan fingerprint density at radius 2 is 2.18 bits per heavy atom. The van der Waals surface area contributed by atoms with Gasteiger partial charge in [-0.15, -0.1) is 0 Å². The second-order valence-electron chi connectivity index (χ2n) is 4.00. The first-order chi connectivity index (χ1) is 8.22. The Labute approximate surface area is 104 Å². The lowest BCUT2D eigenvalue weighted by Crippen LogP contribution is -2.36. The minimum Gasteiger partial charge on any atom is -0.383 e. The van der Waals surface area contributed by atoms with E-state index in [9.17, 15) is 0 Å². The van der Waals surface area contributed by atoms with Crippen molar-refractivity contribution in [1.82, 2.24) is 4.98 Å². The number of hydrogen-bond acceptors (Lipinski definition) is 4. The third-order valence-electron chi connectivity index (χ3n) is 2.67. The molecule has 1 heterocycles. The fourth-order valence-electron chi connectivity index (χ4n) is 1.89. The molecule has 0 fully saturated rings. The number of pyridine rings is 1. The molecule has 1 unspecified atom stereocenters. The van der Waals surface area contributed by atoms with E-state index < -0.39 is 0 Å². The van der Waals surface area contributed by atoms with Crippen LogP contribution in [0, 0.1) is 0 Å². The van der Waals surface area contributed by atoms with Crippen LogP contribution in [-0.4, -0.2) is 37.8 Å². The molecule has 0 amide bonds. The molecule has 4 nitrogen and oxygen atoms in total. The molecular formula is C13H23N3O. The Hall–Kier alpha value is -1.29. The van der Waals surface area contributed by atoms with Crippen LogP contribution in [0.5, 0.6) is 0 Å². The summed E-state index contributed by atoms with van der Waals surface area (Å²) in [7, 11) is 1.73. The van der Waals surface area contributed by atoms with Crippen molar-refractivity contribution in [2.75, 3.05) is 37.0 Å². The zero-order valence-electron chi connectivity index (χ0n) is 11.2. The molecule has 1 aromatic rings. The van der Waals surface area contributed by atoms with Gasteiger partial charge in [-0.3, -0.25) is 0 Å². The molecule has 0 saturated heterocycles. The highest BCUT2D eigenvalue weighted by Gasteiger charge is 2.13. The molecule has 0 aliphatic rings. The van der Waals surface area contributed by atoms with Crippen molar-refractivity contribution < 1.29 is 4.74 Å². The SMILES string of the molecule is CCNc1cccc(N(CC)C(C)COC)n1. The summed E-state index contributed by atoms with van der Waals surface area (Å²) in [6.45, 7) is 8.87. The lowest BCUT2D eigenvalue weighted by molar-refractivity contribution is 0.181. The van der Waals surface area contributed by atoms with Crippen molar-refractivity contribution in [3.63, 3.8) is 0 Å². The Bertz CT molecular complexity index is 330. The quantitative estimate of drug-likeness (QED) is 0.790. The summed E-state index contributed by atoms with van der Waals surface area (Å²) in [4.78, 5) is 6.84. The molecule has 0 aliphatic heterocycles. The summed E-state index contributed by atoms with van der Waals surface area (Å²) in [6, 6.07) is 6.38. The molecular weight excluding hydrogens is 214 g/mol. The standard InChI is InChI=1S/C13H23N3O/c1-5-14-12-8-7-9-13(15-12)16(6-2)11(3)10-17-4/h7-9,11H,5-6,10H2,1-4H3,(H,14,15). The van der Waals surface area contributed by atoms with Crippen molar-refractivity contribution in [1.29, 1.82) is 0 Å². The zero-order valence-corrected chi connectivity index (χ0v) is 11.2. The maximum atomic E-state index is 5.20. The largest absolute Gasteiger partial charge is 0.383 e. The highest BCUT2D eigenvalue weighted by Crippen LogP contribution is 2.16. The lowest BCUT2D eigenvalue weighted by Gasteiger charge is -2.28. The molecule has 0 radical (unpaired) electrons. The molecule has 4 heteroatoms. The van der Waals surface area contributed by atoms with E-state index in [1.54, 1.807) is 7.11 Å². The molecule has 0 saturated carbocycles. The predicted octanol–water partition coefficient (Wildman–Crippen LogP) is 2.37. The number of aromatic nitrogens is 1. The normalized spacial score (nSPS) is 12.2. The fourth-order valence-corrected chi connectivity index (χ4v) is 1.89. The molecule has 96 valence electrons. The van der Waals surface area contributed by atoms with E-state index in [1.807, 2.05) is 18.2 Å². The summed E-state index contributed by atoms with van der Waals surface area (Å²) in [5.74, 6) is 1.92. The van der Waals surface area contributed by atoms with Crippen LogP contribution in [0.3, 0.4) is 0 Å². The second kappa shape index (κ2) is 7.12. The molecule has 0 spiro atoms. The Kier molecular flexibility index (Phi) is 5.77. The Balaban J connectivity index is 2.83. The van der Waals surface area contributed by atoms with Gasteiger partial charge in [0.05, 0.1) is 12.6 Å². The number of methoxy groups -OCH3 is 1. The van der Waals surface area contributed by atoms with Gasteiger partial charge in [-0.1, -0.05) is 6.07 Å². The smallest absolute Gasteiger partial charge is 0.131 e. The summed E-state index contributed by atoms with van der Waals surface area (Å²) >= 11 is 0.